The Balaban J connectivity index is -0.00000000286. The quantitative estimate of drug-likeness (QED) is 0.334. The molecular formula is H16NO10PZn. The first-order valence-electron chi connectivity index (χ1n) is 0.730. The van der Waals surface area contributed by atoms with Gasteiger partial charge in [-0.1, -0.05) is 0 Å². The van der Waals surface area contributed by atoms with E-state index in [1.807, 2.05) is 0 Å². The van der Waals surface area contributed by atoms with Crippen molar-refractivity contribution in [2.75, 3.05) is 0 Å². The molecule has 0 saturated carbocycles. The summed E-state index contributed by atoms with van der Waals surface area (Å²) in [4.78, 5) is 25.6. The zero-order valence-corrected chi connectivity index (χ0v) is 10.6. The van der Waals surface area contributed by atoms with Crippen LogP contribution in [0.4, 0.5) is 0 Å². The third-order valence-corrected chi connectivity index (χ3v) is 0. The molecular weight excluding hydrogens is 270 g/mol. The Kier molecular flexibility index (Phi) is 317. The largest absolute Gasteiger partial charge is 2.00 e. The van der Waals surface area contributed by atoms with Crippen molar-refractivity contribution in [3.05, 3.63) is 0 Å². The number of phosphoric acid groups is 1. The molecule has 0 heterocycles. The predicted octanol–water partition coefficient (Wildman–Crippen LogP) is -7.40. The predicted molar refractivity (Wildman–Crippen MR) is 35.3 cm³/mol. The van der Waals surface area contributed by atoms with E-state index in [1.54, 1.807) is 0 Å². The Bertz CT molecular complexity index is 61.1. The second-order valence-electron chi connectivity index (χ2n) is 0.447. The van der Waals surface area contributed by atoms with Crippen LogP contribution in [0.25, 0.3) is 0 Å². The minimum Gasteiger partial charge on any atom is -0.822 e. The van der Waals surface area contributed by atoms with Crippen molar-refractivity contribution in [3.63, 3.8) is 0 Å². The molecule has 0 saturated heterocycles. The second-order valence-corrected chi connectivity index (χ2v) is 1.34. The average Bonchev–Trinajstić information content (AvgIpc) is 0.722. The van der Waals surface area contributed by atoms with Gasteiger partial charge in [0.2, 0.25) is 0 Å². The zero-order chi connectivity index (χ0) is 4.50. The van der Waals surface area contributed by atoms with Gasteiger partial charge in [0.1, 0.15) is 0 Å². The minimum atomic E-state index is -5.39. The molecule has 11 nitrogen and oxygen atoms in total. The summed E-state index contributed by atoms with van der Waals surface area (Å²) < 4.78 is 8.55. The van der Waals surface area contributed by atoms with Gasteiger partial charge in [-0.05, 0) is 0 Å². The SMILES string of the molecule is O.O.O.O.O.O.O=P([O-])([O-])[O-].[NH4+].[Zn+2]. The van der Waals surface area contributed by atoms with Crippen LogP contribution in [-0.4, -0.2) is 32.9 Å². The van der Waals surface area contributed by atoms with Gasteiger partial charge in [0.05, 0.1) is 0 Å². The zero-order valence-electron chi connectivity index (χ0n) is 6.79. The molecule has 0 aliphatic heterocycles. The van der Waals surface area contributed by atoms with Crippen molar-refractivity contribution in [2.24, 2.45) is 0 Å². The summed E-state index contributed by atoms with van der Waals surface area (Å²) in [7, 11) is -5.39. The number of quaternary nitrogens is 1. The molecule has 0 radical (unpaired) electrons. The topological polar surface area (TPSA) is 312 Å². The van der Waals surface area contributed by atoms with Gasteiger partial charge >= 0.3 is 19.5 Å². The maximum atomic E-state index is 8.55. The molecule has 13 heteroatoms. The molecule has 0 aromatic heterocycles. The van der Waals surface area contributed by atoms with E-state index < -0.39 is 7.82 Å². The summed E-state index contributed by atoms with van der Waals surface area (Å²) in [5, 5.41) is 0. The smallest absolute Gasteiger partial charge is 0.822 e. The van der Waals surface area contributed by atoms with Gasteiger partial charge in [0.25, 0.3) is 0 Å². The van der Waals surface area contributed by atoms with Gasteiger partial charge in [-0.3, -0.25) is 0 Å². The van der Waals surface area contributed by atoms with Gasteiger partial charge in [-0.2, -0.15) is 7.82 Å². The Labute approximate surface area is 86.2 Å². The van der Waals surface area contributed by atoms with E-state index in [2.05, 4.69) is 0 Å². The van der Waals surface area contributed by atoms with E-state index in [0.717, 1.165) is 0 Å². The fraction of sp³-hybridized carbons (Fsp3) is 0. The van der Waals surface area contributed by atoms with Crippen LogP contribution in [0.15, 0.2) is 0 Å². The van der Waals surface area contributed by atoms with Gasteiger partial charge in [-0.25, -0.2) is 0 Å². The Hall–Kier alpha value is 0.453. The summed E-state index contributed by atoms with van der Waals surface area (Å²) in [6.07, 6.45) is 0. The summed E-state index contributed by atoms with van der Waals surface area (Å²) >= 11 is 0. The van der Waals surface area contributed by atoms with Crippen LogP contribution in [0.2, 0.25) is 0 Å². The summed E-state index contributed by atoms with van der Waals surface area (Å²) in [5.41, 5.74) is 0. The first-order chi connectivity index (χ1) is 2.00. The molecule has 0 rings (SSSR count). The molecule has 0 atom stereocenters. The Morgan fingerprint density at radius 3 is 0.692 bits per heavy atom. The molecule has 0 spiro atoms. The van der Waals surface area contributed by atoms with Gasteiger partial charge in [0, 0.05) is 0 Å². The van der Waals surface area contributed by atoms with Crippen molar-refractivity contribution < 1.29 is 71.6 Å². The van der Waals surface area contributed by atoms with Crippen molar-refractivity contribution in [2.45, 2.75) is 0 Å². The minimum absolute atomic E-state index is 0. The third-order valence-electron chi connectivity index (χ3n) is 0. The molecule has 16 N–H and O–H groups in total. The molecule has 0 fully saturated rings. The van der Waals surface area contributed by atoms with E-state index >= 15 is 0 Å². The standard InChI is InChI=1S/H3N.H3O4P.6H2O.Zn/c;1-5(2,3)4;;;;;;;/h1H3;(H3,1,2,3,4);6*1H2;/q;;;;;;;;+2/p-2. The van der Waals surface area contributed by atoms with Gasteiger partial charge in [0.15, 0.2) is 0 Å². The van der Waals surface area contributed by atoms with Crippen LogP contribution < -0.4 is 20.8 Å². The van der Waals surface area contributed by atoms with Crippen LogP contribution in [0.1, 0.15) is 0 Å². The van der Waals surface area contributed by atoms with Crippen molar-refractivity contribution in [1.29, 1.82) is 0 Å². The molecule has 0 amide bonds. The average molecular weight is 286 g/mol. The first kappa shape index (κ1) is 105. The van der Waals surface area contributed by atoms with E-state index in [9.17, 15) is 0 Å². The normalized spacial score (nSPS) is 4.54. The van der Waals surface area contributed by atoms with E-state index in [1.165, 1.54) is 0 Å². The molecule has 0 aromatic rings. The Morgan fingerprint density at radius 2 is 0.692 bits per heavy atom. The fourth-order valence-electron chi connectivity index (χ4n) is 0. The van der Waals surface area contributed by atoms with E-state index in [0.29, 0.717) is 0 Å². The van der Waals surface area contributed by atoms with Crippen LogP contribution >= 0.6 is 7.82 Å². The second kappa shape index (κ2) is 39.2. The first-order valence-corrected chi connectivity index (χ1v) is 2.19. The monoisotopic (exact) mass is 285 g/mol. The van der Waals surface area contributed by atoms with Crippen LogP contribution in [-0.2, 0) is 24.0 Å². The van der Waals surface area contributed by atoms with Crippen molar-refractivity contribution in [1.82, 2.24) is 6.15 Å². The maximum Gasteiger partial charge on any atom is 2.00 e. The number of hydrogen-bond acceptors (Lipinski definition) is 4. The van der Waals surface area contributed by atoms with E-state index in [-0.39, 0.29) is 58.5 Å². The number of hydrogen-bond donors (Lipinski definition) is 1. The van der Waals surface area contributed by atoms with Crippen molar-refractivity contribution >= 4 is 7.82 Å². The third kappa shape index (κ3) is 6620. The molecule has 0 bridgehead atoms. The molecule has 0 aromatic carbocycles. The van der Waals surface area contributed by atoms with E-state index in [4.69, 9.17) is 19.2 Å². The summed E-state index contributed by atoms with van der Waals surface area (Å²) in [6.45, 7) is 0. The van der Waals surface area contributed by atoms with Crippen LogP contribution in [0.5, 0.6) is 0 Å². The fourth-order valence-corrected chi connectivity index (χ4v) is 0. The molecule has 88 valence electrons. The van der Waals surface area contributed by atoms with Gasteiger partial charge < -0.3 is 58.3 Å². The Morgan fingerprint density at radius 1 is 0.692 bits per heavy atom. The van der Waals surface area contributed by atoms with Gasteiger partial charge in [-0.15, -0.1) is 0 Å². The summed E-state index contributed by atoms with van der Waals surface area (Å²) in [6, 6.07) is 0. The molecule has 13 heavy (non-hydrogen) atoms. The van der Waals surface area contributed by atoms with Crippen molar-refractivity contribution in [3.8, 4) is 0 Å². The summed E-state index contributed by atoms with van der Waals surface area (Å²) in [5.74, 6) is 0. The maximum absolute atomic E-state index is 8.55. The van der Waals surface area contributed by atoms with Crippen LogP contribution in [0.3, 0.4) is 0 Å². The number of rotatable bonds is 0. The van der Waals surface area contributed by atoms with Crippen LogP contribution in [0, 0.1) is 0 Å². The molecule has 0 aliphatic rings. The molecule has 0 unspecified atom stereocenters. The molecule has 0 aliphatic carbocycles.